The molecule has 13 heteroatoms. The molecular weight excluding hydrogens is 410 g/mol. The van der Waals surface area contributed by atoms with Crippen LogP contribution in [0.4, 0.5) is 0 Å². The Hall–Kier alpha value is -2.77. The van der Waals surface area contributed by atoms with E-state index in [9.17, 15) is 24.0 Å². The third-order valence-corrected chi connectivity index (χ3v) is 4.35. The van der Waals surface area contributed by atoms with Gasteiger partial charge in [0.05, 0.1) is 19.0 Å². The molecule has 0 aromatic heterocycles. The highest BCUT2D eigenvalue weighted by molar-refractivity contribution is 5.93. The standard InChI is InChI=1S/C18H35N7O6/c19-7-3-1-5-11(21)16(28)25-12(6-2-4-8-20)17(29)23-10-15(27)24-13(18(30)31)9-14(22)26/h11-13H,1-10,19-21H2,(H2,22,26)(H,23,29)(H,24,27)(H,25,28)(H,30,31). The lowest BCUT2D eigenvalue weighted by Gasteiger charge is -2.21. The average molecular weight is 446 g/mol. The van der Waals surface area contributed by atoms with Crippen molar-refractivity contribution in [1.29, 1.82) is 0 Å². The van der Waals surface area contributed by atoms with E-state index in [1.54, 1.807) is 0 Å². The summed E-state index contributed by atoms with van der Waals surface area (Å²) in [5.74, 6) is -4.29. The summed E-state index contributed by atoms with van der Waals surface area (Å²) in [4.78, 5) is 58.6. The first-order valence-electron chi connectivity index (χ1n) is 10.2. The Morgan fingerprint density at radius 3 is 1.90 bits per heavy atom. The summed E-state index contributed by atoms with van der Waals surface area (Å²) >= 11 is 0. The van der Waals surface area contributed by atoms with Gasteiger partial charge in [-0.25, -0.2) is 4.79 Å². The van der Waals surface area contributed by atoms with Crippen LogP contribution in [0.25, 0.3) is 0 Å². The second-order valence-corrected chi connectivity index (χ2v) is 7.08. The molecule has 0 bridgehead atoms. The van der Waals surface area contributed by atoms with Crippen LogP contribution in [0.5, 0.6) is 0 Å². The van der Waals surface area contributed by atoms with E-state index in [4.69, 9.17) is 28.0 Å². The highest BCUT2D eigenvalue weighted by Gasteiger charge is 2.25. The minimum atomic E-state index is -1.51. The molecule has 0 fully saturated rings. The quantitative estimate of drug-likeness (QED) is 0.104. The zero-order valence-corrected chi connectivity index (χ0v) is 17.6. The van der Waals surface area contributed by atoms with Crippen molar-refractivity contribution >= 4 is 29.6 Å². The predicted octanol–water partition coefficient (Wildman–Crippen LogP) is -3.38. The van der Waals surface area contributed by atoms with E-state index in [-0.39, 0.29) is 6.42 Å². The van der Waals surface area contributed by atoms with Crippen molar-refractivity contribution < 1.29 is 29.1 Å². The van der Waals surface area contributed by atoms with Gasteiger partial charge in [-0.15, -0.1) is 0 Å². The fourth-order valence-corrected chi connectivity index (χ4v) is 2.62. The van der Waals surface area contributed by atoms with Gasteiger partial charge in [0.15, 0.2) is 0 Å². The lowest BCUT2D eigenvalue weighted by molar-refractivity contribution is -0.143. The molecule has 3 atom stereocenters. The third kappa shape index (κ3) is 13.2. The number of aliphatic carboxylic acids is 1. The van der Waals surface area contributed by atoms with Gasteiger partial charge in [0.2, 0.25) is 23.6 Å². The number of nitrogens with two attached hydrogens (primary N) is 4. The molecule has 0 spiro atoms. The number of nitrogens with one attached hydrogen (secondary N) is 3. The Kier molecular flexibility index (Phi) is 14.6. The molecule has 0 aliphatic carbocycles. The summed E-state index contributed by atoms with van der Waals surface area (Å²) < 4.78 is 0. The first kappa shape index (κ1) is 28.2. The Morgan fingerprint density at radius 1 is 0.806 bits per heavy atom. The smallest absolute Gasteiger partial charge is 0.326 e. The van der Waals surface area contributed by atoms with Crippen LogP contribution in [-0.4, -0.2) is 72.5 Å². The summed E-state index contributed by atoms with van der Waals surface area (Å²) in [5.41, 5.74) is 21.7. The van der Waals surface area contributed by atoms with Crippen LogP contribution in [0, 0.1) is 0 Å². The molecule has 0 aromatic rings. The normalized spacial score (nSPS) is 13.5. The van der Waals surface area contributed by atoms with Crippen molar-refractivity contribution in [3.63, 3.8) is 0 Å². The van der Waals surface area contributed by atoms with Crippen LogP contribution < -0.4 is 38.9 Å². The molecule has 4 amide bonds. The fourth-order valence-electron chi connectivity index (χ4n) is 2.62. The maximum absolute atomic E-state index is 12.5. The largest absolute Gasteiger partial charge is 0.480 e. The minimum absolute atomic E-state index is 0.283. The van der Waals surface area contributed by atoms with Crippen LogP contribution in [-0.2, 0) is 24.0 Å². The number of carbonyl (C=O) groups excluding carboxylic acids is 4. The summed E-state index contributed by atoms with van der Waals surface area (Å²) in [6.45, 7) is 0.357. The maximum atomic E-state index is 12.5. The molecule has 0 saturated heterocycles. The van der Waals surface area contributed by atoms with Crippen molar-refractivity contribution in [3.05, 3.63) is 0 Å². The number of primary amides is 1. The van der Waals surface area contributed by atoms with Gasteiger partial charge in [-0.3, -0.25) is 19.2 Å². The molecule has 12 N–H and O–H groups in total. The predicted molar refractivity (Wildman–Crippen MR) is 112 cm³/mol. The number of unbranched alkanes of at least 4 members (excludes halogenated alkanes) is 2. The van der Waals surface area contributed by atoms with Crippen LogP contribution in [0.1, 0.15) is 44.9 Å². The zero-order chi connectivity index (χ0) is 23.8. The molecule has 0 heterocycles. The molecule has 13 nitrogen and oxygen atoms in total. The van der Waals surface area contributed by atoms with Crippen molar-refractivity contribution in [1.82, 2.24) is 16.0 Å². The van der Waals surface area contributed by atoms with E-state index in [1.807, 2.05) is 0 Å². The number of carboxylic acids is 1. The minimum Gasteiger partial charge on any atom is -0.480 e. The number of hydrogen-bond acceptors (Lipinski definition) is 8. The van der Waals surface area contributed by atoms with E-state index in [2.05, 4.69) is 16.0 Å². The van der Waals surface area contributed by atoms with Gasteiger partial charge < -0.3 is 44.0 Å². The summed E-state index contributed by atoms with van der Waals surface area (Å²) in [6.07, 6.45) is 2.70. The Bertz CT molecular complexity index is 616. The molecule has 3 unspecified atom stereocenters. The zero-order valence-electron chi connectivity index (χ0n) is 17.6. The van der Waals surface area contributed by atoms with E-state index >= 15 is 0 Å². The highest BCUT2D eigenvalue weighted by atomic mass is 16.4. The third-order valence-electron chi connectivity index (χ3n) is 4.35. The first-order chi connectivity index (χ1) is 14.6. The van der Waals surface area contributed by atoms with Crippen LogP contribution in [0.15, 0.2) is 0 Å². The molecule has 178 valence electrons. The van der Waals surface area contributed by atoms with Gasteiger partial charge in [0.1, 0.15) is 12.1 Å². The number of hydrogen-bond donors (Lipinski definition) is 8. The Morgan fingerprint density at radius 2 is 1.39 bits per heavy atom. The number of rotatable bonds is 17. The van der Waals surface area contributed by atoms with E-state index in [0.717, 1.165) is 6.42 Å². The van der Waals surface area contributed by atoms with Crippen molar-refractivity contribution in [2.75, 3.05) is 19.6 Å². The van der Waals surface area contributed by atoms with Crippen LogP contribution in [0.2, 0.25) is 0 Å². The second-order valence-electron chi connectivity index (χ2n) is 7.08. The monoisotopic (exact) mass is 445 g/mol. The lowest BCUT2D eigenvalue weighted by Crippen LogP contribution is -2.53. The average Bonchev–Trinajstić information content (AvgIpc) is 2.70. The van der Waals surface area contributed by atoms with Crippen molar-refractivity contribution in [2.24, 2.45) is 22.9 Å². The number of carbonyl (C=O) groups is 5. The second kappa shape index (κ2) is 16.0. The van der Waals surface area contributed by atoms with Crippen LogP contribution in [0.3, 0.4) is 0 Å². The Labute approximate surface area is 181 Å². The Balaban J connectivity index is 4.81. The SMILES string of the molecule is NCCCCC(N)C(=O)NC(CCCCN)C(=O)NCC(=O)NC(CC(N)=O)C(=O)O. The van der Waals surface area contributed by atoms with Gasteiger partial charge in [-0.2, -0.15) is 0 Å². The van der Waals surface area contributed by atoms with E-state index in [1.165, 1.54) is 0 Å². The molecule has 0 aromatic carbocycles. The summed E-state index contributed by atoms with van der Waals surface area (Å²) in [7, 11) is 0. The van der Waals surface area contributed by atoms with Gasteiger partial charge >= 0.3 is 5.97 Å². The molecule has 0 rings (SSSR count). The van der Waals surface area contributed by atoms with E-state index < -0.39 is 60.7 Å². The summed E-state index contributed by atoms with van der Waals surface area (Å²) in [5, 5.41) is 16.0. The van der Waals surface area contributed by atoms with Crippen LogP contribution >= 0.6 is 0 Å². The van der Waals surface area contributed by atoms with Crippen molar-refractivity contribution in [3.8, 4) is 0 Å². The van der Waals surface area contributed by atoms with E-state index in [0.29, 0.717) is 38.8 Å². The van der Waals surface area contributed by atoms with Gasteiger partial charge in [0.25, 0.3) is 0 Å². The highest BCUT2D eigenvalue weighted by Crippen LogP contribution is 2.04. The number of carboxylic acid groups (broad SMARTS) is 1. The maximum Gasteiger partial charge on any atom is 0.326 e. The molecular formula is C18H35N7O6. The first-order valence-corrected chi connectivity index (χ1v) is 10.2. The molecule has 31 heavy (non-hydrogen) atoms. The van der Waals surface area contributed by atoms with Gasteiger partial charge in [-0.05, 0) is 45.2 Å². The van der Waals surface area contributed by atoms with Gasteiger partial charge in [0, 0.05) is 0 Å². The fraction of sp³-hybridized carbons (Fsp3) is 0.722. The molecule has 0 aliphatic rings. The topological polar surface area (TPSA) is 246 Å². The molecule has 0 aliphatic heterocycles. The lowest BCUT2D eigenvalue weighted by atomic mass is 10.1. The summed E-state index contributed by atoms with van der Waals surface area (Å²) in [6, 6.07) is -3.24. The molecule has 0 saturated carbocycles. The van der Waals surface area contributed by atoms with Gasteiger partial charge in [-0.1, -0.05) is 6.42 Å². The molecule has 0 radical (unpaired) electrons. The van der Waals surface area contributed by atoms with Crippen molar-refractivity contribution in [2.45, 2.75) is 63.1 Å². The number of amides is 4.